The summed E-state index contributed by atoms with van der Waals surface area (Å²) in [5, 5.41) is 7.06. The van der Waals surface area contributed by atoms with Gasteiger partial charge in [-0.15, -0.1) is 0 Å². The molecule has 0 saturated carbocycles. The number of anilines is 1. The van der Waals surface area contributed by atoms with Crippen molar-refractivity contribution in [3.63, 3.8) is 0 Å². The molecule has 1 aromatic rings. The molecule has 0 aromatic heterocycles. The van der Waals surface area contributed by atoms with Gasteiger partial charge in [0.2, 0.25) is 0 Å². The van der Waals surface area contributed by atoms with Crippen LogP contribution in [0, 0.1) is 0 Å². The van der Waals surface area contributed by atoms with Gasteiger partial charge < -0.3 is 10.2 Å². The first-order chi connectivity index (χ1) is 8.28. The Morgan fingerprint density at radius 2 is 1.94 bits per heavy atom. The molecule has 1 saturated heterocycles. The molecule has 0 spiro atoms. The van der Waals surface area contributed by atoms with Crippen LogP contribution in [0.15, 0.2) is 29.4 Å². The Labute approximate surface area is 101 Å². The number of benzene rings is 1. The molecular formula is C12H17N5. The van der Waals surface area contributed by atoms with E-state index in [0.717, 1.165) is 18.8 Å². The highest BCUT2D eigenvalue weighted by atomic mass is 15.1. The zero-order chi connectivity index (χ0) is 12.1. The maximum atomic E-state index is 8.31. The number of azide groups is 1. The summed E-state index contributed by atoms with van der Waals surface area (Å²) in [5.41, 5.74) is 10.1. The third kappa shape index (κ3) is 3.37. The molecule has 0 unspecified atom stereocenters. The number of rotatable bonds is 3. The van der Waals surface area contributed by atoms with Crippen molar-refractivity contribution in [3.05, 3.63) is 34.7 Å². The molecule has 0 aliphatic carbocycles. The topological polar surface area (TPSA) is 64.0 Å². The molecule has 0 radical (unpaired) electrons. The lowest BCUT2D eigenvalue weighted by Gasteiger charge is -2.30. The van der Waals surface area contributed by atoms with Crippen molar-refractivity contribution in [2.45, 2.75) is 18.9 Å². The molecule has 90 valence electrons. The van der Waals surface area contributed by atoms with Crippen LogP contribution in [-0.2, 0) is 0 Å². The minimum atomic E-state index is 0.552. The second kappa shape index (κ2) is 5.57. The van der Waals surface area contributed by atoms with E-state index < -0.39 is 0 Å². The van der Waals surface area contributed by atoms with Gasteiger partial charge in [-0.05, 0) is 50.6 Å². The van der Waals surface area contributed by atoms with E-state index in [1.54, 1.807) is 0 Å². The number of likely N-dealkylation sites (tertiary alicyclic amines) is 1. The number of nitrogens with one attached hydrogen (secondary N) is 1. The fraction of sp³-hybridized carbons (Fsp3) is 0.500. The van der Waals surface area contributed by atoms with Gasteiger partial charge in [-0.3, -0.25) is 0 Å². The van der Waals surface area contributed by atoms with Crippen molar-refractivity contribution in [2.75, 3.05) is 25.5 Å². The second-order valence-electron chi connectivity index (χ2n) is 4.46. The van der Waals surface area contributed by atoms with E-state index in [4.69, 9.17) is 5.53 Å². The van der Waals surface area contributed by atoms with Crippen molar-refractivity contribution in [3.8, 4) is 0 Å². The van der Waals surface area contributed by atoms with Crippen LogP contribution in [0.1, 0.15) is 12.8 Å². The monoisotopic (exact) mass is 231 g/mol. The third-order valence-electron chi connectivity index (χ3n) is 3.12. The van der Waals surface area contributed by atoms with Crippen molar-refractivity contribution >= 4 is 11.4 Å². The summed E-state index contributed by atoms with van der Waals surface area (Å²) >= 11 is 0. The van der Waals surface area contributed by atoms with Gasteiger partial charge in [0.1, 0.15) is 0 Å². The highest BCUT2D eigenvalue weighted by Gasteiger charge is 2.15. The first kappa shape index (κ1) is 11.8. The number of hydrogen-bond acceptors (Lipinski definition) is 3. The van der Waals surface area contributed by atoms with E-state index in [1.165, 1.54) is 12.8 Å². The summed E-state index contributed by atoms with van der Waals surface area (Å²) < 4.78 is 0. The largest absolute Gasteiger partial charge is 0.382 e. The van der Waals surface area contributed by atoms with E-state index >= 15 is 0 Å². The lowest BCUT2D eigenvalue weighted by atomic mass is 10.1. The van der Waals surface area contributed by atoms with Gasteiger partial charge in [-0.2, -0.15) is 0 Å². The molecule has 1 aliphatic rings. The maximum absolute atomic E-state index is 8.31. The summed E-state index contributed by atoms with van der Waals surface area (Å²) in [5.74, 6) is 0. The van der Waals surface area contributed by atoms with Gasteiger partial charge in [0.05, 0.1) is 0 Å². The van der Waals surface area contributed by atoms with Crippen molar-refractivity contribution < 1.29 is 0 Å². The van der Waals surface area contributed by atoms with E-state index in [2.05, 4.69) is 27.3 Å². The van der Waals surface area contributed by atoms with Crippen LogP contribution in [0.5, 0.6) is 0 Å². The smallest absolute Gasteiger partial charge is 0.0376 e. The molecule has 1 heterocycles. The van der Waals surface area contributed by atoms with Crippen LogP contribution in [0.2, 0.25) is 0 Å². The van der Waals surface area contributed by atoms with Gasteiger partial charge >= 0.3 is 0 Å². The average Bonchev–Trinajstić information content (AvgIpc) is 2.35. The molecule has 5 nitrogen and oxygen atoms in total. The zero-order valence-electron chi connectivity index (χ0n) is 10.0. The van der Waals surface area contributed by atoms with E-state index in [-0.39, 0.29) is 0 Å². The Balaban J connectivity index is 1.92. The number of hydrogen-bond donors (Lipinski definition) is 1. The van der Waals surface area contributed by atoms with E-state index in [1.807, 2.05) is 24.3 Å². The predicted octanol–water partition coefficient (Wildman–Crippen LogP) is 3.13. The number of piperidine rings is 1. The molecule has 0 atom stereocenters. The maximum Gasteiger partial charge on any atom is 0.0376 e. The minimum absolute atomic E-state index is 0.552. The van der Waals surface area contributed by atoms with Crippen LogP contribution in [0.3, 0.4) is 0 Å². The van der Waals surface area contributed by atoms with Crippen LogP contribution >= 0.6 is 0 Å². The van der Waals surface area contributed by atoms with Crippen molar-refractivity contribution in [2.24, 2.45) is 5.11 Å². The summed E-state index contributed by atoms with van der Waals surface area (Å²) in [4.78, 5) is 5.11. The Hall–Kier alpha value is -1.71. The molecule has 1 aromatic carbocycles. The first-order valence-electron chi connectivity index (χ1n) is 5.88. The van der Waals surface area contributed by atoms with Crippen LogP contribution in [-0.4, -0.2) is 31.1 Å². The molecule has 1 N–H and O–H groups in total. The Kier molecular flexibility index (Phi) is 3.85. The molecule has 17 heavy (non-hydrogen) atoms. The lowest BCUT2D eigenvalue weighted by Crippen LogP contribution is -2.36. The third-order valence-corrected chi connectivity index (χ3v) is 3.12. The molecule has 0 bridgehead atoms. The molecule has 5 heteroatoms. The van der Waals surface area contributed by atoms with Crippen molar-refractivity contribution in [1.82, 2.24) is 4.90 Å². The molecular weight excluding hydrogens is 214 g/mol. The normalized spacial score (nSPS) is 17.5. The molecule has 0 amide bonds. The molecule has 2 rings (SSSR count). The summed E-state index contributed by atoms with van der Waals surface area (Å²) in [6.45, 7) is 2.29. The van der Waals surface area contributed by atoms with E-state index in [9.17, 15) is 0 Å². The second-order valence-corrected chi connectivity index (χ2v) is 4.46. The van der Waals surface area contributed by atoms with Gasteiger partial charge in [0.25, 0.3) is 0 Å². The SMILES string of the molecule is CN1CCC(Nc2ccc(N=[N+]=[N-])cc2)CC1. The van der Waals surface area contributed by atoms with E-state index in [0.29, 0.717) is 11.7 Å². The lowest BCUT2D eigenvalue weighted by molar-refractivity contribution is 0.264. The van der Waals surface area contributed by atoms with Crippen LogP contribution in [0.4, 0.5) is 11.4 Å². The van der Waals surface area contributed by atoms with Gasteiger partial charge in [-0.25, -0.2) is 0 Å². The van der Waals surface area contributed by atoms with Gasteiger partial charge in [-0.1, -0.05) is 17.2 Å². The standard InChI is InChI=1S/C12H17N5/c1-17-8-6-11(7-9-17)14-10-2-4-12(5-3-10)15-16-13/h2-5,11,14H,6-9H2,1H3. The van der Waals surface area contributed by atoms with Gasteiger partial charge in [0.15, 0.2) is 0 Å². The fourth-order valence-electron chi connectivity index (χ4n) is 2.06. The molecule has 1 fully saturated rings. The van der Waals surface area contributed by atoms with Crippen molar-refractivity contribution in [1.29, 1.82) is 0 Å². The first-order valence-corrected chi connectivity index (χ1v) is 5.88. The average molecular weight is 231 g/mol. The van der Waals surface area contributed by atoms with Crippen LogP contribution in [0.25, 0.3) is 10.4 Å². The summed E-state index contributed by atoms with van der Waals surface area (Å²) in [6, 6.07) is 8.13. The van der Waals surface area contributed by atoms with Crippen LogP contribution < -0.4 is 5.32 Å². The Bertz CT molecular complexity index is 399. The zero-order valence-corrected chi connectivity index (χ0v) is 10.0. The Morgan fingerprint density at radius 1 is 1.29 bits per heavy atom. The Morgan fingerprint density at radius 3 is 2.53 bits per heavy atom. The van der Waals surface area contributed by atoms with Gasteiger partial charge in [0, 0.05) is 22.3 Å². The summed E-state index contributed by atoms with van der Waals surface area (Å²) in [6.07, 6.45) is 2.35. The highest BCUT2D eigenvalue weighted by Crippen LogP contribution is 2.19. The minimum Gasteiger partial charge on any atom is -0.382 e. The predicted molar refractivity (Wildman–Crippen MR) is 69.4 cm³/mol. The number of nitrogens with zero attached hydrogens (tertiary/aromatic N) is 4. The summed E-state index contributed by atoms with van der Waals surface area (Å²) in [7, 11) is 2.16. The quantitative estimate of drug-likeness (QED) is 0.493. The fourth-order valence-corrected chi connectivity index (χ4v) is 2.06. The highest BCUT2D eigenvalue weighted by molar-refractivity contribution is 5.51. The molecule has 1 aliphatic heterocycles.